The van der Waals surface area contributed by atoms with Crippen molar-refractivity contribution in [2.75, 3.05) is 13.1 Å². The Labute approximate surface area is 86.7 Å². The van der Waals surface area contributed by atoms with E-state index in [-0.39, 0.29) is 11.9 Å². The summed E-state index contributed by atoms with van der Waals surface area (Å²) in [6, 6.07) is 0.138. The fourth-order valence-electron chi connectivity index (χ4n) is 1.60. The third-order valence-corrected chi connectivity index (χ3v) is 3.12. The van der Waals surface area contributed by atoms with E-state index in [2.05, 4.69) is 4.98 Å². The molecule has 1 unspecified atom stereocenters. The van der Waals surface area contributed by atoms with E-state index in [1.54, 1.807) is 4.90 Å². The van der Waals surface area contributed by atoms with Crippen LogP contribution in [-0.2, 0) is 0 Å². The molecule has 2 heterocycles. The minimum Gasteiger partial charge on any atom is -0.336 e. The highest BCUT2D eigenvalue weighted by molar-refractivity contribution is 7.09. The van der Waals surface area contributed by atoms with Gasteiger partial charge in [0.2, 0.25) is 0 Å². The molecule has 4 nitrogen and oxygen atoms in total. The molecular formula is C9H13N3OS. The van der Waals surface area contributed by atoms with Gasteiger partial charge < -0.3 is 10.6 Å². The number of carbonyl (C=O) groups excluding carboxylic acids is 1. The van der Waals surface area contributed by atoms with Gasteiger partial charge in [-0.3, -0.25) is 4.79 Å². The van der Waals surface area contributed by atoms with Gasteiger partial charge in [0.25, 0.3) is 5.91 Å². The van der Waals surface area contributed by atoms with Crippen molar-refractivity contribution < 1.29 is 4.79 Å². The largest absolute Gasteiger partial charge is 0.336 e. The summed E-state index contributed by atoms with van der Waals surface area (Å²) in [4.78, 5) is 17.8. The van der Waals surface area contributed by atoms with Crippen molar-refractivity contribution >= 4 is 17.2 Å². The Morgan fingerprint density at radius 1 is 1.79 bits per heavy atom. The average molecular weight is 211 g/mol. The Morgan fingerprint density at radius 3 is 3.07 bits per heavy atom. The normalized spacial score (nSPS) is 21.6. The zero-order valence-electron chi connectivity index (χ0n) is 8.06. The van der Waals surface area contributed by atoms with Crippen LogP contribution in [0.1, 0.15) is 21.9 Å². The molecule has 0 spiro atoms. The Hall–Kier alpha value is -0.940. The molecule has 0 aliphatic carbocycles. The lowest BCUT2D eigenvalue weighted by molar-refractivity contribution is 0.0785. The van der Waals surface area contributed by atoms with Gasteiger partial charge in [0.05, 0.1) is 5.01 Å². The molecular weight excluding hydrogens is 198 g/mol. The van der Waals surface area contributed by atoms with Crippen molar-refractivity contribution in [1.29, 1.82) is 0 Å². The van der Waals surface area contributed by atoms with E-state index in [1.165, 1.54) is 11.3 Å². The van der Waals surface area contributed by atoms with Crippen LogP contribution in [0.3, 0.4) is 0 Å². The lowest BCUT2D eigenvalue weighted by atomic mass is 10.3. The Kier molecular flexibility index (Phi) is 2.52. The van der Waals surface area contributed by atoms with E-state index in [1.807, 2.05) is 12.3 Å². The molecule has 0 aromatic carbocycles. The zero-order chi connectivity index (χ0) is 10.1. The summed E-state index contributed by atoms with van der Waals surface area (Å²) < 4.78 is 0. The second-order valence-corrected chi connectivity index (χ2v) is 4.61. The number of hydrogen-bond donors (Lipinski definition) is 1. The molecule has 5 heteroatoms. The van der Waals surface area contributed by atoms with Crippen LogP contribution in [0.2, 0.25) is 0 Å². The van der Waals surface area contributed by atoms with E-state index in [9.17, 15) is 4.79 Å². The number of carbonyl (C=O) groups is 1. The first-order valence-electron chi connectivity index (χ1n) is 4.64. The minimum absolute atomic E-state index is 0.0160. The maximum Gasteiger partial charge on any atom is 0.273 e. The molecule has 2 rings (SSSR count). The molecule has 0 saturated carbocycles. The van der Waals surface area contributed by atoms with E-state index >= 15 is 0 Å². The summed E-state index contributed by atoms with van der Waals surface area (Å²) in [7, 11) is 0. The van der Waals surface area contributed by atoms with Crippen molar-refractivity contribution in [2.24, 2.45) is 5.73 Å². The summed E-state index contributed by atoms with van der Waals surface area (Å²) in [6.07, 6.45) is 0.898. The van der Waals surface area contributed by atoms with E-state index in [0.717, 1.165) is 18.0 Å². The highest BCUT2D eigenvalue weighted by Crippen LogP contribution is 2.14. The molecule has 1 aliphatic rings. The number of amides is 1. The molecule has 76 valence electrons. The van der Waals surface area contributed by atoms with Gasteiger partial charge in [-0.1, -0.05) is 0 Å². The first-order valence-corrected chi connectivity index (χ1v) is 5.52. The molecule has 1 amide bonds. The van der Waals surface area contributed by atoms with Gasteiger partial charge in [-0.15, -0.1) is 11.3 Å². The maximum atomic E-state index is 11.8. The van der Waals surface area contributed by atoms with Gasteiger partial charge in [-0.2, -0.15) is 0 Å². The molecule has 1 atom stereocenters. The van der Waals surface area contributed by atoms with Gasteiger partial charge in [0.15, 0.2) is 0 Å². The minimum atomic E-state index is 0.0160. The van der Waals surface area contributed by atoms with E-state index in [4.69, 9.17) is 5.73 Å². The smallest absolute Gasteiger partial charge is 0.273 e. The third-order valence-electron chi connectivity index (χ3n) is 2.35. The van der Waals surface area contributed by atoms with E-state index < -0.39 is 0 Å². The number of rotatable bonds is 1. The lowest BCUT2D eigenvalue weighted by Gasteiger charge is -2.13. The molecule has 14 heavy (non-hydrogen) atoms. The first-order chi connectivity index (χ1) is 6.66. The number of nitrogens with two attached hydrogens (primary N) is 1. The van der Waals surface area contributed by atoms with Crippen molar-refractivity contribution in [3.8, 4) is 0 Å². The molecule has 1 aromatic rings. The van der Waals surface area contributed by atoms with Gasteiger partial charge >= 0.3 is 0 Å². The number of aromatic nitrogens is 1. The zero-order valence-corrected chi connectivity index (χ0v) is 8.88. The highest BCUT2D eigenvalue weighted by Gasteiger charge is 2.25. The quantitative estimate of drug-likeness (QED) is 0.741. The predicted molar refractivity (Wildman–Crippen MR) is 55.3 cm³/mol. The molecule has 2 N–H and O–H groups in total. The fourth-order valence-corrected chi connectivity index (χ4v) is 2.18. The summed E-state index contributed by atoms with van der Waals surface area (Å²) in [5.74, 6) is 0.0160. The van der Waals surface area contributed by atoms with Crippen molar-refractivity contribution in [1.82, 2.24) is 9.88 Å². The Balaban J connectivity index is 2.09. The first kappa shape index (κ1) is 9.61. The van der Waals surface area contributed by atoms with Crippen LogP contribution >= 0.6 is 11.3 Å². The predicted octanol–water partition coefficient (Wildman–Crippen LogP) is 0.625. The second kappa shape index (κ2) is 3.67. The summed E-state index contributed by atoms with van der Waals surface area (Å²) in [5, 5.41) is 2.73. The highest BCUT2D eigenvalue weighted by atomic mass is 32.1. The average Bonchev–Trinajstić information content (AvgIpc) is 2.73. The third kappa shape index (κ3) is 1.78. The van der Waals surface area contributed by atoms with Crippen LogP contribution < -0.4 is 5.73 Å². The number of aryl methyl sites for hydroxylation is 1. The molecule has 1 saturated heterocycles. The van der Waals surface area contributed by atoms with E-state index in [0.29, 0.717) is 12.2 Å². The van der Waals surface area contributed by atoms with Crippen LogP contribution in [0, 0.1) is 6.92 Å². The summed E-state index contributed by atoms with van der Waals surface area (Å²) in [6.45, 7) is 3.32. The topological polar surface area (TPSA) is 59.2 Å². The van der Waals surface area contributed by atoms with Crippen LogP contribution in [0.4, 0.5) is 0 Å². The van der Waals surface area contributed by atoms with Crippen LogP contribution in [0.15, 0.2) is 5.38 Å². The van der Waals surface area contributed by atoms with Crippen molar-refractivity contribution in [3.05, 3.63) is 16.1 Å². The number of likely N-dealkylation sites (tertiary alicyclic amines) is 1. The maximum absolute atomic E-state index is 11.8. The standard InChI is InChI=1S/C9H13N3OS/c1-6-11-8(5-14-6)9(13)12-3-2-7(10)4-12/h5,7H,2-4,10H2,1H3. The van der Waals surface area contributed by atoms with Crippen molar-refractivity contribution in [2.45, 2.75) is 19.4 Å². The van der Waals surface area contributed by atoms with Crippen LogP contribution in [0.5, 0.6) is 0 Å². The van der Waals surface area contributed by atoms with Crippen LogP contribution in [0.25, 0.3) is 0 Å². The Morgan fingerprint density at radius 2 is 2.57 bits per heavy atom. The lowest BCUT2D eigenvalue weighted by Crippen LogP contribution is -2.32. The monoisotopic (exact) mass is 211 g/mol. The number of thiazole rings is 1. The van der Waals surface area contributed by atoms with Gasteiger partial charge in [0, 0.05) is 24.5 Å². The SMILES string of the molecule is Cc1nc(C(=O)N2CCC(N)C2)cs1. The fraction of sp³-hybridized carbons (Fsp3) is 0.556. The van der Waals surface area contributed by atoms with Crippen LogP contribution in [-0.4, -0.2) is 34.9 Å². The molecule has 0 bridgehead atoms. The molecule has 1 aliphatic heterocycles. The second-order valence-electron chi connectivity index (χ2n) is 3.55. The number of nitrogens with zero attached hydrogens (tertiary/aromatic N) is 2. The van der Waals surface area contributed by atoms with Crippen molar-refractivity contribution in [3.63, 3.8) is 0 Å². The van der Waals surface area contributed by atoms with Gasteiger partial charge in [0.1, 0.15) is 5.69 Å². The Bertz CT molecular complexity index is 350. The molecule has 1 fully saturated rings. The molecule has 1 aromatic heterocycles. The van der Waals surface area contributed by atoms with Gasteiger partial charge in [-0.25, -0.2) is 4.98 Å². The molecule has 0 radical (unpaired) electrons. The summed E-state index contributed by atoms with van der Waals surface area (Å²) in [5.41, 5.74) is 6.29. The number of hydrogen-bond acceptors (Lipinski definition) is 4. The van der Waals surface area contributed by atoms with Gasteiger partial charge in [-0.05, 0) is 13.3 Å². The summed E-state index contributed by atoms with van der Waals surface area (Å²) >= 11 is 1.50.